The van der Waals surface area contributed by atoms with E-state index < -0.39 is 14.8 Å². The summed E-state index contributed by atoms with van der Waals surface area (Å²) >= 11 is 0. The van der Waals surface area contributed by atoms with E-state index in [1.54, 1.807) is 5.30 Å². The van der Waals surface area contributed by atoms with Gasteiger partial charge in [0.25, 0.3) is 0 Å². The van der Waals surface area contributed by atoms with E-state index in [4.69, 9.17) is 0 Å². The van der Waals surface area contributed by atoms with Crippen molar-refractivity contribution in [3.8, 4) is 0 Å². The van der Waals surface area contributed by atoms with Crippen LogP contribution in [0.5, 0.6) is 0 Å². The topological polar surface area (TPSA) is 20.2 Å². The van der Waals surface area contributed by atoms with Gasteiger partial charge in [0, 0.05) is 0 Å². The summed E-state index contributed by atoms with van der Waals surface area (Å²) < 4.78 is 0. The minimum absolute atomic E-state index is 0.512. The van der Waals surface area contributed by atoms with Crippen LogP contribution in [0.3, 0.4) is 0 Å². The van der Waals surface area contributed by atoms with E-state index in [0.29, 0.717) is 17.5 Å². The van der Waals surface area contributed by atoms with Crippen molar-refractivity contribution in [3.63, 3.8) is 0 Å². The van der Waals surface area contributed by atoms with Crippen molar-refractivity contribution in [1.82, 2.24) is 0 Å². The average molecular weight is 493 g/mol. The maximum atomic E-state index is 12.6. The summed E-state index contributed by atoms with van der Waals surface area (Å²) in [6.45, 7) is 12.4. The van der Waals surface area contributed by atoms with Crippen LogP contribution < -0.4 is 10.6 Å². The average Bonchev–Trinajstić information content (AvgIpc) is 2.84. The van der Waals surface area contributed by atoms with Gasteiger partial charge in [-0.05, 0) is 0 Å². The SMILES string of the molecule is CC(C)[C@@H]1CC[C@@H](C)C[C@H]1[PH](C)(O)c1ccccc1[PH](C)(C1CCCCC1)C1CCCCC1. The van der Waals surface area contributed by atoms with Gasteiger partial charge in [0.1, 0.15) is 0 Å². The fourth-order valence-corrected chi connectivity index (χ4v) is 19.8. The predicted octanol–water partition coefficient (Wildman–Crippen LogP) is 7.73. The molecule has 1 aromatic carbocycles. The molecule has 3 saturated carbocycles. The Labute approximate surface area is 206 Å². The molecule has 3 aliphatic carbocycles. The summed E-state index contributed by atoms with van der Waals surface area (Å²) in [7, 11) is -4.33. The normalized spacial score (nSPS) is 29.8. The van der Waals surface area contributed by atoms with Gasteiger partial charge < -0.3 is 0 Å². The second kappa shape index (κ2) is 11.0. The molecule has 1 nitrogen and oxygen atoms in total. The number of rotatable bonds is 6. The maximum absolute atomic E-state index is 12.6. The van der Waals surface area contributed by atoms with Crippen molar-refractivity contribution in [1.29, 1.82) is 0 Å². The van der Waals surface area contributed by atoms with Crippen molar-refractivity contribution in [2.24, 2.45) is 17.8 Å². The number of hydrogen-bond donors (Lipinski definition) is 1. The number of hydrogen-bond acceptors (Lipinski definition) is 1. The second-order valence-electron chi connectivity index (χ2n) is 13.1. The van der Waals surface area contributed by atoms with Gasteiger partial charge in [-0.2, -0.15) is 0 Å². The molecular formula is C30H54OP2. The molecule has 33 heavy (non-hydrogen) atoms. The third-order valence-electron chi connectivity index (χ3n) is 10.7. The van der Waals surface area contributed by atoms with Crippen molar-refractivity contribution in [3.05, 3.63) is 24.3 Å². The van der Waals surface area contributed by atoms with Crippen LogP contribution in [-0.4, -0.2) is 35.2 Å². The van der Waals surface area contributed by atoms with E-state index in [2.05, 4.69) is 58.4 Å². The molecule has 1 N–H and O–H groups in total. The van der Waals surface area contributed by atoms with Gasteiger partial charge in [-0.15, -0.1) is 0 Å². The van der Waals surface area contributed by atoms with Gasteiger partial charge >= 0.3 is 207 Å². The molecule has 0 bridgehead atoms. The molecular weight excluding hydrogens is 438 g/mol. The molecule has 0 saturated heterocycles. The van der Waals surface area contributed by atoms with E-state index in [9.17, 15) is 4.89 Å². The quantitative estimate of drug-likeness (QED) is 0.403. The molecule has 3 fully saturated rings. The van der Waals surface area contributed by atoms with Crippen molar-refractivity contribution in [2.75, 3.05) is 13.3 Å². The molecule has 0 spiro atoms. The third kappa shape index (κ3) is 5.27. The Bertz CT molecular complexity index is 742. The molecule has 0 aromatic heterocycles. The summed E-state index contributed by atoms with van der Waals surface area (Å²) in [5, 5.41) is 3.18. The zero-order chi connectivity index (χ0) is 23.6. The first-order valence-corrected chi connectivity index (χ1v) is 19.8. The Hall–Kier alpha value is 0.0400. The van der Waals surface area contributed by atoms with Crippen molar-refractivity contribution >= 4 is 25.4 Å². The first kappa shape index (κ1) is 26.1. The van der Waals surface area contributed by atoms with Gasteiger partial charge in [0.2, 0.25) is 0 Å². The Balaban J connectivity index is 1.79. The van der Waals surface area contributed by atoms with Gasteiger partial charge in [-0.25, -0.2) is 0 Å². The zero-order valence-electron chi connectivity index (χ0n) is 22.4. The fourth-order valence-electron chi connectivity index (χ4n) is 8.62. The molecule has 1 aromatic rings. The van der Waals surface area contributed by atoms with Crippen LogP contribution in [0, 0.1) is 17.8 Å². The molecule has 4 rings (SSSR count). The summed E-state index contributed by atoms with van der Waals surface area (Å²) in [5.74, 6) is 2.12. The van der Waals surface area contributed by atoms with Crippen LogP contribution in [0.2, 0.25) is 0 Å². The molecule has 3 aliphatic rings. The van der Waals surface area contributed by atoms with Gasteiger partial charge in [0.15, 0.2) is 0 Å². The Morgan fingerprint density at radius 3 is 1.79 bits per heavy atom. The summed E-state index contributed by atoms with van der Waals surface area (Å²) in [4.78, 5) is 12.6. The van der Waals surface area contributed by atoms with Crippen LogP contribution in [0.25, 0.3) is 0 Å². The first-order chi connectivity index (χ1) is 15.8. The molecule has 3 heteroatoms. The molecule has 0 radical (unpaired) electrons. The van der Waals surface area contributed by atoms with Crippen molar-refractivity contribution < 1.29 is 4.89 Å². The predicted molar refractivity (Wildman–Crippen MR) is 155 cm³/mol. The fraction of sp³-hybridized carbons (Fsp3) is 0.800. The Morgan fingerprint density at radius 1 is 0.758 bits per heavy atom. The van der Waals surface area contributed by atoms with E-state index in [1.807, 2.05) is 0 Å². The Morgan fingerprint density at radius 2 is 1.27 bits per heavy atom. The van der Waals surface area contributed by atoms with E-state index in [1.165, 1.54) is 88.8 Å². The Kier molecular flexibility index (Phi) is 8.68. The molecule has 190 valence electrons. The van der Waals surface area contributed by atoms with Crippen LogP contribution in [0.1, 0.15) is 104 Å². The first-order valence-electron chi connectivity index (χ1n) is 14.6. The third-order valence-corrected chi connectivity index (χ3v) is 20.7. The summed E-state index contributed by atoms with van der Waals surface area (Å²) in [6.07, 6.45) is 18.3. The van der Waals surface area contributed by atoms with Gasteiger partial charge in [0.05, 0.1) is 0 Å². The van der Waals surface area contributed by atoms with E-state index in [0.717, 1.165) is 17.2 Å². The van der Waals surface area contributed by atoms with Crippen molar-refractivity contribution in [2.45, 2.75) is 121 Å². The van der Waals surface area contributed by atoms with Gasteiger partial charge in [-0.1, -0.05) is 0 Å². The molecule has 3 atom stereocenters. The zero-order valence-corrected chi connectivity index (χ0v) is 24.4. The van der Waals surface area contributed by atoms with Crippen LogP contribution >= 0.6 is 14.8 Å². The van der Waals surface area contributed by atoms with Crippen LogP contribution in [-0.2, 0) is 0 Å². The molecule has 0 aliphatic heterocycles. The number of benzene rings is 1. The monoisotopic (exact) mass is 492 g/mol. The molecule has 0 amide bonds. The standard InChI is InChI=1S/C30H54OP2/c1-23(2)27-21-20-24(3)22-30(27)33(5,31)29-19-13-12-18-28(29)32(4,25-14-8-6-9-15-25)26-16-10-7-11-17-26/h12-13,18-19,23-27,30-33H,6-11,14-17,20-22H2,1-5H3/t24-,27+,30-/m1/s1. The van der Waals surface area contributed by atoms with Crippen LogP contribution in [0.15, 0.2) is 24.3 Å². The molecule has 0 unspecified atom stereocenters. The summed E-state index contributed by atoms with van der Waals surface area (Å²) in [5.41, 5.74) is 2.36. The van der Waals surface area contributed by atoms with E-state index in [-0.39, 0.29) is 0 Å². The summed E-state index contributed by atoms with van der Waals surface area (Å²) in [6, 6.07) is 9.52. The van der Waals surface area contributed by atoms with Crippen LogP contribution in [0.4, 0.5) is 0 Å². The van der Waals surface area contributed by atoms with E-state index >= 15 is 0 Å². The second-order valence-corrected chi connectivity index (χ2v) is 21.4. The minimum atomic E-state index is -2.59. The van der Waals surface area contributed by atoms with Gasteiger partial charge in [-0.3, -0.25) is 0 Å². The molecule has 0 heterocycles.